The molecule has 0 bridgehead atoms. The Balaban J connectivity index is 2.15. The molecule has 1 N–H and O–H groups in total. The maximum absolute atomic E-state index is 11.5. The fraction of sp³-hybridized carbons (Fsp3) is 0.615. The SMILES string of the molecule is CO[Si-](CCCNC(=O)OCCN1C(=O)C=CC1=O)(OC)OC. The number of hydrogen-bond acceptors (Lipinski definition) is 7. The van der Waals surface area contributed by atoms with Gasteiger partial charge in [0.25, 0.3) is 20.6 Å². The van der Waals surface area contributed by atoms with Gasteiger partial charge in [-0.3, -0.25) is 14.5 Å². The number of carbonyl (C=O) groups excluding carboxylic acids is 3. The van der Waals surface area contributed by atoms with E-state index in [1.807, 2.05) is 0 Å². The standard InChI is InChI=1S/C13H22N2O7Si/c1-19-23(20-2,21-3)10-4-7-14-13(18)22-9-8-15-11(16)5-6-12(15)17/h5-6H,4,7-10H2,1-3H3,(H,14,18)/q-1. The highest BCUT2D eigenvalue weighted by atomic mass is 28.4. The molecule has 0 spiro atoms. The summed E-state index contributed by atoms with van der Waals surface area (Å²) in [7, 11) is 1.94. The maximum Gasteiger partial charge on any atom is 0.407 e. The second kappa shape index (κ2) is 9.40. The van der Waals surface area contributed by atoms with Gasteiger partial charge in [-0.05, 0) is 21.3 Å². The van der Waals surface area contributed by atoms with Gasteiger partial charge in [0, 0.05) is 18.7 Å². The first kappa shape index (κ1) is 19.3. The first-order valence-corrected chi connectivity index (χ1v) is 9.01. The van der Waals surface area contributed by atoms with E-state index >= 15 is 0 Å². The number of alkyl carbamates (subject to hydrolysis) is 1. The van der Waals surface area contributed by atoms with Crippen molar-refractivity contribution in [2.75, 3.05) is 41.0 Å². The van der Waals surface area contributed by atoms with Gasteiger partial charge in [-0.15, -0.1) is 0 Å². The van der Waals surface area contributed by atoms with E-state index in [-0.39, 0.29) is 13.2 Å². The summed E-state index contributed by atoms with van der Waals surface area (Å²) in [5, 5.41) is 2.57. The van der Waals surface area contributed by atoms with Gasteiger partial charge in [0.15, 0.2) is 0 Å². The van der Waals surface area contributed by atoms with Gasteiger partial charge >= 0.3 is 6.09 Å². The van der Waals surface area contributed by atoms with Crippen molar-refractivity contribution < 1.29 is 32.4 Å². The molecule has 1 aliphatic heterocycles. The van der Waals surface area contributed by atoms with Crippen LogP contribution in [0.25, 0.3) is 0 Å². The van der Waals surface area contributed by atoms with E-state index in [4.69, 9.17) is 18.0 Å². The third-order valence-corrected chi connectivity index (χ3v) is 6.14. The Hall–Kier alpha value is -1.75. The molecule has 0 fully saturated rings. The molecule has 0 atom stereocenters. The molecule has 1 aliphatic rings. The van der Waals surface area contributed by atoms with Crippen LogP contribution in [0.1, 0.15) is 6.42 Å². The summed E-state index contributed by atoms with van der Waals surface area (Å²) >= 11 is 0. The van der Waals surface area contributed by atoms with Crippen molar-refractivity contribution >= 4 is 26.7 Å². The number of nitrogens with one attached hydrogen (secondary N) is 1. The zero-order valence-electron chi connectivity index (χ0n) is 13.5. The zero-order chi connectivity index (χ0) is 17.3. The van der Waals surface area contributed by atoms with Crippen LogP contribution < -0.4 is 5.32 Å². The van der Waals surface area contributed by atoms with Gasteiger partial charge in [-0.2, -0.15) is 0 Å². The Morgan fingerprint density at radius 3 is 2.22 bits per heavy atom. The minimum atomic E-state index is -2.63. The molecule has 0 aromatic heterocycles. The topological polar surface area (TPSA) is 103 Å². The minimum absolute atomic E-state index is 0.0329. The average molecular weight is 346 g/mol. The normalized spacial score (nSPS) is 14.5. The number of ether oxygens (including phenoxy) is 1. The van der Waals surface area contributed by atoms with E-state index in [1.54, 1.807) is 0 Å². The molecule has 0 unspecified atom stereocenters. The molecule has 131 valence electrons. The van der Waals surface area contributed by atoms with Gasteiger partial charge in [-0.1, -0.05) is 12.5 Å². The molecule has 0 aliphatic carbocycles. The van der Waals surface area contributed by atoms with Crippen molar-refractivity contribution in [3.63, 3.8) is 0 Å². The number of amides is 3. The van der Waals surface area contributed by atoms with E-state index in [1.165, 1.54) is 33.5 Å². The molecule has 1 rings (SSSR count). The van der Waals surface area contributed by atoms with Gasteiger partial charge in [0.1, 0.15) is 6.61 Å². The Bertz CT molecular complexity index is 439. The summed E-state index contributed by atoms with van der Waals surface area (Å²) in [4.78, 5) is 35.1. The Kier molecular flexibility index (Phi) is 7.89. The lowest BCUT2D eigenvalue weighted by molar-refractivity contribution is -0.137. The first-order valence-electron chi connectivity index (χ1n) is 7.07. The van der Waals surface area contributed by atoms with Gasteiger partial charge in [0.2, 0.25) is 0 Å². The molecular weight excluding hydrogens is 324 g/mol. The van der Waals surface area contributed by atoms with Crippen LogP contribution >= 0.6 is 0 Å². The summed E-state index contributed by atoms with van der Waals surface area (Å²) in [6, 6.07) is 0.555. The first-order chi connectivity index (χ1) is 11.0. The fourth-order valence-electron chi connectivity index (χ4n) is 1.98. The highest BCUT2D eigenvalue weighted by Crippen LogP contribution is 2.14. The van der Waals surface area contributed by atoms with Crippen molar-refractivity contribution in [2.24, 2.45) is 0 Å². The van der Waals surface area contributed by atoms with Crippen molar-refractivity contribution in [2.45, 2.75) is 12.5 Å². The number of rotatable bonds is 10. The summed E-state index contributed by atoms with van der Waals surface area (Å²) < 4.78 is 20.7. The molecule has 0 aromatic rings. The van der Waals surface area contributed by atoms with Crippen LogP contribution in [0.2, 0.25) is 6.04 Å². The average Bonchev–Trinajstić information content (AvgIpc) is 2.87. The molecule has 9 nitrogen and oxygen atoms in total. The van der Waals surface area contributed by atoms with Crippen LogP contribution in [0, 0.1) is 0 Å². The number of carbonyl (C=O) groups is 3. The van der Waals surface area contributed by atoms with Crippen LogP contribution in [0.5, 0.6) is 0 Å². The minimum Gasteiger partial charge on any atom is -0.527 e. The summed E-state index contributed by atoms with van der Waals surface area (Å²) in [6.45, 7) is 0.343. The molecule has 23 heavy (non-hydrogen) atoms. The zero-order valence-corrected chi connectivity index (χ0v) is 14.5. The predicted molar refractivity (Wildman–Crippen MR) is 81.4 cm³/mol. The number of hydrogen-bond donors (Lipinski definition) is 1. The van der Waals surface area contributed by atoms with Crippen molar-refractivity contribution in [3.05, 3.63) is 12.2 Å². The smallest absolute Gasteiger partial charge is 0.407 e. The van der Waals surface area contributed by atoms with E-state index in [0.717, 1.165) is 4.90 Å². The van der Waals surface area contributed by atoms with E-state index in [9.17, 15) is 14.4 Å². The highest BCUT2D eigenvalue weighted by Gasteiger charge is 2.23. The molecule has 0 aromatic carbocycles. The van der Waals surface area contributed by atoms with Gasteiger partial charge in [0.05, 0.1) is 6.54 Å². The van der Waals surface area contributed by atoms with Gasteiger partial charge in [-0.25, -0.2) is 4.79 Å². The molecule has 10 heteroatoms. The molecule has 0 radical (unpaired) electrons. The molecule has 1 heterocycles. The lowest BCUT2D eigenvalue weighted by atomic mass is 10.5. The predicted octanol–water partition coefficient (Wildman–Crippen LogP) is -0.0942. The Morgan fingerprint density at radius 2 is 1.70 bits per heavy atom. The quantitative estimate of drug-likeness (QED) is 0.335. The Labute approximate surface area is 135 Å². The monoisotopic (exact) mass is 346 g/mol. The molecular formula is C13H22N2O7Si-. The van der Waals surface area contributed by atoms with Gasteiger partial charge < -0.3 is 23.3 Å². The van der Waals surface area contributed by atoms with E-state index in [2.05, 4.69) is 5.32 Å². The summed E-state index contributed by atoms with van der Waals surface area (Å²) in [5.41, 5.74) is 0. The summed E-state index contributed by atoms with van der Waals surface area (Å²) in [6.07, 6.45) is 2.35. The third kappa shape index (κ3) is 5.75. The lowest BCUT2D eigenvalue weighted by Crippen LogP contribution is -2.43. The van der Waals surface area contributed by atoms with Crippen LogP contribution in [-0.2, 0) is 27.6 Å². The largest absolute Gasteiger partial charge is 0.527 e. The van der Waals surface area contributed by atoms with Crippen molar-refractivity contribution in [1.29, 1.82) is 0 Å². The summed E-state index contributed by atoms with van der Waals surface area (Å²) in [5.74, 6) is -0.807. The van der Waals surface area contributed by atoms with Crippen molar-refractivity contribution in [1.82, 2.24) is 10.2 Å². The second-order valence-corrected chi connectivity index (χ2v) is 7.71. The highest BCUT2D eigenvalue weighted by molar-refractivity contribution is 6.60. The molecule has 0 saturated carbocycles. The Morgan fingerprint density at radius 1 is 1.13 bits per heavy atom. The van der Waals surface area contributed by atoms with E-state index < -0.39 is 26.7 Å². The van der Waals surface area contributed by atoms with Crippen LogP contribution in [-0.4, -0.2) is 72.6 Å². The van der Waals surface area contributed by atoms with Crippen LogP contribution in [0.4, 0.5) is 4.79 Å². The fourth-order valence-corrected chi connectivity index (χ4v) is 3.71. The third-order valence-electron chi connectivity index (χ3n) is 3.31. The number of nitrogens with zero attached hydrogens (tertiary/aromatic N) is 1. The van der Waals surface area contributed by atoms with Crippen molar-refractivity contribution in [3.8, 4) is 0 Å². The number of imide groups is 1. The van der Waals surface area contributed by atoms with Crippen LogP contribution in [0.15, 0.2) is 12.2 Å². The molecule has 3 amide bonds. The van der Waals surface area contributed by atoms with E-state index in [0.29, 0.717) is 19.0 Å². The maximum atomic E-state index is 11.5. The molecule has 0 saturated heterocycles. The second-order valence-electron chi connectivity index (χ2n) is 4.62. The van der Waals surface area contributed by atoms with Crippen LogP contribution in [0.3, 0.4) is 0 Å². The lowest BCUT2D eigenvalue weighted by Gasteiger charge is -2.38.